The summed E-state index contributed by atoms with van der Waals surface area (Å²) in [5.41, 5.74) is 1.45. The molecule has 0 atom stereocenters. The van der Waals surface area contributed by atoms with E-state index < -0.39 is 5.78 Å². The van der Waals surface area contributed by atoms with E-state index in [1.54, 1.807) is 19.1 Å². The Balaban J connectivity index is 2.57. The Hall–Kier alpha value is -1.77. The Labute approximate surface area is 102 Å². The van der Waals surface area contributed by atoms with Crippen molar-refractivity contribution in [3.63, 3.8) is 0 Å². The highest BCUT2D eigenvalue weighted by Crippen LogP contribution is 2.24. The fraction of sp³-hybridized carbons (Fsp3) is 0.357. The molecular weight excluding hydrogens is 214 g/mol. The van der Waals surface area contributed by atoms with Crippen LogP contribution >= 0.6 is 0 Å². The Kier molecular flexibility index (Phi) is 2.59. The summed E-state index contributed by atoms with van der Waals surface area (Å²) in [5.74, 6) is -0.441. The Morgan fingerprint density at radius 2 is 2.06 bits per heavy atom. The molecule has 3 heteroatoms. The number of rotatable bonds is 2. The van der Waals surface area contributed by atoms with E-state index in [0.29, 0.717) is 17.7 Å². The largest absolute Gasteiger partial charge is 0.289 e. The Morgan fingerprint density at radius 1 is 1.35 bits per heavy atom. The minimum absolute atomic E-state index is 0.174. The van der Waals surface area contributed by atoms with Gasteiger partial charge >= 0.3 is 0 Å². The van der Waals surface area contributed by atoms with Crippen molar-refractivity contribution in [1.29, 1.82) is 0 Å². The third-order valence-electron chi connectivity index (χ3n) is 2.65. The minimum Gasteiger partial charge on any atom is -0.289 e. The van der Waals surface area contributed by atoms with Gasteiger partial charge in [-0.1, -0.05) is 13.8 Å². The van der Waals surface area contributed by atoms with Crippen LogP contribution < -0.4 is 0 Å². The third-order valence-corrected chi connectivity index (χ3v) is 2.65. The number of carbonyl (C=O) groups excluding carboxylic acids is 2. The molecule has 2 rings (SSSR count). The molecule has 1 aliphatic rings. The fourth-order valence-corrected chi connectivity index (χ4v) is 1.87. The van der Waals surface area contributed by atoms with Crippen molar-refractivity contribution in [3.8, 4) is 0 Å². The van der Waals surface area contributed by atoms with Gasteiger partial charge in [0.2, 0.25) is 5.78 Å². The Bertz CT molecular complexity index is 573. The van der Waals surface area contributed by atoms with Crippen LogP contribution in [-0.2, 0) is 0 Å². The van der Waals surface area contributed by atoms with Gasteiger partial charge < -0.3 is 0 Å². The van der Waals surface area contributed by atoms with E-state index in [1.807, 2.05) is 13.8 Å². The molecule has 0 aromatic carbocycles. The van der Waals surface area contributed by atoms with Crippen LogP contribution in [0.25, 0.3) is 0 Å². The summed E-state index contributed by atoms with van der Waals surface area (Å²) >= 11 is 0. The molecule has 88 valence electrons. The van der Waals surface area contributed by atoms with Crippen LogP contribution in [0.5, 0.6) is 0 Å². The fourth-order valence-electron chi connectivity index (χ4n) is 1.87. The van der Waals surface area contributed by atoms with E-state index in [1.165, 1.54) is 0 Å². The zero-order valence-corrected chi connectivity index (χ0v) is 10.2. The maximum atomic E-state index is 12.3. The summed E-state index contributed by atoms with van der Waals surface area (Å²) in [4.78, 5) is 28.4. The molecule has 0 aliphatic heterocycles. The highest BCUT2D eigenvalue weighted by molar-refractivity contribution is 6.23. The van der Waals surface area contributed by atoms with E-state index in [9.17, 15) is 9.59 Å². The number of aryl methyl sites for hydroxylation is 1. The zero-order valence-electron chi connectivity index (χ0n) is 11.2. The second kappa shape index (κ2) is 4.24. The lowest BCUT2D eigenvalue weighted by Gasteiger charge is -2.15. The van der Waals surface area contributed by atoms with Crippen LogP contribution in [-0.4, -0.2) is 16.6 Å². The van der Waals surface area contributed by atoms with Gasteiger partial charge in [-0.15, -0.1) is 0 Å². The SMILES string of the molecule is [2H]C1=C(CC(C)C)C(=O)c2nc(C)ccc2C1=O. The molecule has 1 heterocycles. The predicted octanol–water partition coefficient (Wildman–Crippen LogP) is 2.74. The number of pyridine rings is 1. The topological polar surface area (TPSA) is 47.0 Å². The van der Waals surface area contributed by atoms with Crippen molar-refractivity contribution >= 4 is 11.6 Å². The first kappa shape index (κ1) is 10.4. The number of fused-ring (bicyclic) bond motifs is 1. The molecule has 1 aromatic rings. The van der Waals surface area contributed by atoms with E-state index in [0.717, 1.165) is 0 Å². The van der Waals surface area contributed by atoms with Gasteiger partial charge in [0.05, 0.1) is 6.93 Å². The first-order chi connectivity index (χ1) is 8.41. The number of hydrogen-bond donors (Lipinski definition) is 0. The molecule has 1 aromatic heterocycles. The van der Waals surface area contributed by atoms with Crippen LogP contribution in [0.2, 0.25) is 0 Å². The molecule has 1 aliphatic carbocycles. The molecule has 0 saturated carbocycles. The van der Waals surface area contributed by atoms with Crippen molar-refractivity contribution in [2.75, 3.05) is 0 Å². The second-order valence-electron chi connectivity index (χ2n) is 4.71. The van der Waals surface area contributed by atoms with Crippen LogP contribution in [0.3, 0.4) is 0 Å². The number of carbonyl (C=O) groups is 2. The Morgan fingerprint density at radius 3 is 2.71 bits per heavy atom. The van der Waals surface area contributed by atoms with Gasteiger partial charge in [-0.3, -0.25) is 9.59 Å². The molecule has 0 bridgehead atoms. The first-order valence-electron chi connectivity index (χ1n) is 6.18. The van der Waals surface area contributed by atoms with E-state index in [4.69, 9.17) is 1.37 Å². The summed E-state index contributed by atoms with van der Waals surface area (Å²) in [6, 6.07) is 3.09. The number of hydrogen-bond acceptors (Lipinski definition) is 3. The third kappa shape index (κ3) is 2.18. The van der Waals surface area contributed by atoms with Crippen molar-refractivity contribution in [2.45, 2.75) is 27.2 Å². The van der Waals surface area contributed by atoms with Gasteiger partial charge in [-0.25, -0.2) is 4.98 Å². The highest BCUT2D eigenvalue weighted by Gasteiger charge is 2.26. The average molecular weight is 230 g/mol. The molecule has 0 N–H and O–H groups in total. The van der Waals surface area contributed by atoms with Gasteiger partial charge in [0.15, 0.2) is 5.78 Å². The van der Waals surface area contributed by atoms with Crippen molar-refractivity contribution in [2.24, 2.45) is 5.92 Å². The van der Waals surface area contributed by atoms with Gasteiger partial charge in [0.1, 0.15) is 5.69 Å². The highest BCUT2D eigenvalue weighted by atomic mass is 16.1. The van der Waals surface area contributed by atoms with Gasteiger partial charge in [-0.2, -0.15) is 0 Å². The number of ketones is 2. The smallest absolute Gasteiger partial charge is 0.208 e. The van der Waals surface area contributed by atoms with Crippen LogP contribution in [0.1, 0.15) is 48.2 Å². The zero-order chi connectivity index (χ0) is 13.4. The number of nitrogens with zero attached hydrogens (tertiary/aromatic N) is 1. The minimum atomic E-state index is -0.396. The molecule has 0 saturated heterocycles. The molecule has 3 nitrogen and oxygen atoms in total. The lowest BCUT2D eigenvalue weighted by Crippen LogP contribution is -2.20. The molecular formula is C14H15NO2. The molecule has 0 radical (unpaired) electrons. The lowest BCUT2D eigenvalue weighted by atomic mass is 9.89. The van der Waals surface area contributed by atoms with Crippen molar-refractivity contribution < 1.29 is 11.0 Å². The predicted molar refractivity (Wildman–Crippen MR) is 65.2 cm³/mol. The van der Waals surface area contributed by atoms with E-state index in [-0.39, 0.29) is 29.0 Å². The van der Waals surface area contributed by atoms with Crippen molar-refractivity contribution in [1.82, 2.24) is 4.98 Å². The standard InChI is InChI=1S/C14H15NO2/c1-8(2)6-10-7-12(16)11-5-4-9(3)15-13(11)14(10)17/h4-5,7-8H,6H2,1-3H3/i7D. The molecule has 0 unspecified atom stereocenters. The quantitative estimate of drug-likeness (QED) is 0.784. The number of Topliss-reactive ketones (excluding diaryl/α,β-unsaturated/α-hetero) is 1. The van der Waals surface area contributed by atoms with Crippen LogP contribution in [0.4, 0.5) is 0 Å². The average Bonchev–Trinajstić information content (AvgIpc) is 2.31. The van der Waals surface area contributed by atoms with Crippen molar-refractivity contribution in [3.05, 3.63) is 40.7 Å². The first-order valence-corrected chi connectivity index (χ1v) is 5.68. The van der Waals surface area contributed by atoms with E-state index in [2.05, 4.69) is 4.98 Å². The van der Waals surface area contributed by atoms with E-state index >= 15 is 0 Å². The molecule has 0 spiro atoms. The second-order valence-corrected chi connectivity index (χ2v) is 4.71. The van der Waals surface area contributed by atoms with Gasteiger partial charge in [0, 0.05) is 11.3 Å². The van der Waals surface area contributed by atoms with Gasteiger partial charge in [-0.05, 0) is 37.4 Å². The normalized spacial score (nSPS) is 16.4. The molecule has 0 fully saturated rings. The monoisotopic (exact) mass is 230 g/mol. The molecule has 17 heavy (non-hydrogen) atoms. The van der Waals surface area contributed by atoms with Crippen LogP contribution in [0.15, 0.2) is 23.8 Å². The lowest BCUT2D eigenvalue weighted by molar-refractivity contribution is 0.0975. The van der Waals surface area contributed by atoms with Gasteiger partial charge in [0.25, 0.3) is 0 Å². The maximum absolute atomic E-state index is 12.3. The maximum Gasteiger partial charge on any atom is 0.208 e. The number of allylic oxidation sites excluding steroid dienone is 2. The number of aromatic nitrogens is 1. The summed E-state index contributed by atoms with van der Waals surface area (Å²) in [6.07, 6.45) is 0.443. The van der Waals surface area contributed by atoms with Crippen LogP contribution in [0, 0.1) is 12.8 Å². The summed E-state index contributed by atoms with van der Waals surface area (Å²) in [5, 5.41) is 0. The summed E-state index contributed by atoms with van der Waals surface area (Å²) in [7, 11) is 0. The summed E-state index contributed by atoms with van der Waals surface area (Å²) < 4.78 is 7.82. The summed E-state index contributed by atoms with van der Waals surface area (Å²) in [6.45, 7) is 5.69. The molecule has 0 amide bonds.